The first-order valence-electron chi connectivity index (χ1n) is 10.4. The van der Waals surface area contributed by atoms with E-state index in [0.717, 1.165) is 23.3 Å². The van der Waals surface area contributed by atoms with Crippen LogP contribution in [-0.4, -0.2) is 20.5 Å². The van der Waals surface area contributed by atoms with Crippen molar-refractivity contribution in [2.45, 2.75) is 43.6 Å². The van der Waals surface area contributed by atoms with Gasteiger partial charge in [-0.05, 0) is 41.2 Å². The number of carbonyl (C=O) groups is 1. The number of carbonyl (C=O) groups excluding carboxylic acids is 1. The largest absolute Gasteiger partial charge is 0.328 e. The number of halogens is 2. The fourth-order valence-electron chi connectivity index (χ4n) is 4.36. The number of allylic oxidation sites excluding steroid dienone is 2. The van der Waals surface area contributed by atoms with Crippen molar-refractivity contribution in [1.82, 2.24) is 14.8 Å². The van der Waals surface area contributed by atoms with Crippen molar-refractivity contribution in [1.29, 1.82) is 0 Å². The third kappa shape index (κ3) is 3.95. The molecule has 2 aromatic carbocycles. The molecule has 5 rings (SSSR count). The van der Waals surface area contributed by atoms with Crippen LogP contribution in [0.4, 0.5) is 10.3 Å². The Morgan fingerprint density at radius 2 is 1.94 bits per heavy atom. The quantitative estimate of drug-likeness (QED) is 0.474. The number of benzene rings is 2. The van der Waals surface area contributed by atoms with Crippen LogP contribution in [0.25, 0.3) is 0 Å². The van der Waals surface area contributed by atoms with Gasteiger partial charge in [0.25, 0.3) is 0 Å². The van der Waals surface area contributed by atoms with Crippen LogP contribution in [0.15, 0.2) is 65.0 Å². The Balaban J connectivity index is 1.53. The second-order valence-electron chi connectivity index (χ2n) is 8.95. The molecule has 0 bridgehead atoms. The molecule has 164 valence electrons. The van der Waals surface area contributed by atoms with Gasteiger partial charge in [0, 0.05) is 28.5 Å². The van der Waals surface area contributed by atoms with E-state index in [0.29, 0.717) is 33.9 Å². The molecular weight excluding hydrogens is 447 g/mol. The van der Waals surface area contributed by atoms with Crippen LogP contribution >= 0.6 is 23.4 Å². The lowest BCUT2D eigenvalue weighted by Crippen LogP contribution is -2.36. The molecule has 8 heteroatoms. The van der Waals surface area contributed by atoms with Crippen molar-refractivity contribution in [3.63, 3.8) is 0 Å². The second kappa shape index (κ2) is 8.05. The summed E-state index contributed by atoms with van der Waals surface area (Å²) in [7, 11) is 0. The first-order valence-corrected chi connectivity index (χ1v) is 11.8. The molecule has 2 aliphatic rings. The Bertz CT molecular complexity index is 1240. The Morgan fingerprint density at radius 1 is 1.19 bits per heavy atom. The van der Waals surface area contributed by atoms with Crippen LogP contribution in [0.5, 0.6) is 0 Å². The number of rotatable bonds is 4. The minimum absolute atomic E-state index is 0.116. The average molecular weight is 469 g/mol. The summed E-state index contributed by atoms with van der Waals surface area (Å²) in [6, 6.07) is 13.8. The van der Waals surface area contributed by atoms with Crippen LogP contribution in [-0.2, 0) is 10.5 Å². The topological polar surface area (TPSA) is 59.8 Å². The van der Waals surface area contributed by atoms with E-state index in [-0.39, 0.29) is 23.1 Å². The molecule has 0 spiro atoms. The maximum atomic E-state index is 14.0. The zero-order chi connectivity index (χ0) is 22.5. The molecule has 1 aliphatic carbocycles. The van der Waals surface area contributed by atoms with Gasteiger partial charge in [0.1, 0.15) is 11.9 Å². The second-order valence-corrected chi connectivity index (χ2v) is 10.3. The summed E-state index contributed by atoms with van der Waals surface area (Å²) in [5.41, 5.74) is 3.03. The van der Waals surface area contributed by atoms with Crippen LogP contribution in [0.1, 0.15) is 43.9 Å². The Morgan fingerprint density at radius 3 is 2.69 bits per heavy atom. The van der Waals surface area contributed by atoms with Gasteiger partial charge in [-0.15, -0.1) is 5.10 Å². The van der Waals surface area contributed by atoms with Gasteiger partial charge in [0.15, 0.2) is 5.78 Å². The number of Topliss-reactive ketones (excluding diaryl/α,β-unsaturated/α-hetero) is 1. The van der Waals surface area contributed by atoms with Crippen molar-refractivity contribution >= 4 is 35.1 Å². The summed E-state index contributed by atoms with van der Waals surface area (Å²) in [6.45, 7) is 4.20. The highest BCUT2D eigenvalue weighted by Crippen LogP contribution is 2.45. The summed E-state index contributed by atoms with van der Waals surface area (Å²) >= 11 is 7.48. The minimum atomic E-state index is -0.377. The lowest BCUT2D eigenvalue weighted by Gasteiger charge is -2.38. The third-order valence-corrected chi connectivity index (χ3v) is 6.95. The predicted octanol–water partition coefficient (Wildman–Crippen LogP) is 6.02. The molecule has 2 heterocycles. The van der Waals surface area contributed by atoms with E-state index in [1.165, 1.54) is 17.8 Å². The Hall–Kier alpha value is -2.64. The number of ketones is 1. The number of aromatic nitrogens is 3. The van der Waals surface area contributed by atoms with Gasteiger partial charge in [-0.25, -0.2) is 9.07 Å². The maximum absolute atomic E-state index is 14.0. The van der Waals surface area contributed by atoms with Gasteiger partial charge in [-0.3, -0.25) is 4.79 Å². The van der Waals surface area contributed by atoms with E-state index >= 15 is 0 Å². The smallest absolute Gasteiger partial charge is 0.227 e. The molecule has 5 nitrogen and oxygen atoms in total. The molecule has 3 aromatic rings. The lowest BCUT2D eigenvalue weighted by atomic mass is 9.73. The first kappa shape index (κ1) is 21.2. The summed E-state index contributed by atoms with van der Waals surface area (Å²) < 4.78 is 15.8. The number of fused-ring (bicyclic) bond motifs is 1. The van der Waals surface area contributed by atoms with Gasteiger partial charge < -0.3 is 5.32 Å². The monoisotopic (exact) mass is 468 g/mol. The highest BCUT2D eigenvalue weighted by Gasteiger charge is 2.41. The van der Waals surface area contributed by atoms with Gasteiger partial charge >= 0.3 is 0 Å². The van der Waals surface area contributed by atoms with E-state index < -0.39 is 0 Å². The molecule has 0 fully saturated rings. The summed E-state index contributed by atoms with van der Waals surface area (Å²) in [4.78, 5) is 17.9. The minimum Gasteiger partial charge on any atom is -0.328 e. The van der Waals surface area contributed by atoms with Crippen molar-refractivity contribution in [2.24, 2.45) is 5.41 Å². The molecule has 0 radical (unpaired) electrons. The van der Waals surface area contributed by atoms with Crippen LogP contribution < -0.4 is 5.32 Å². The molecule has 1 aliphatic heterocycles. The number of hydrogen-bond acceptors (Lipinski definition) is 5. The first-order chi connectivity index (χ1) is 15.3. The molecule has 0 amide bonds. The van der Waals surface area contributed by atoms with Gasteiger partial charge in [0.2, 0.25) is 11.1 Å². The van der Waals surface area contributed by atoms with Gasteiger partial charge in [-0.2, -0.15) is 4.98 Å². The number of nitrogens with one attached hydrogen (secondary N) is 1. The van der Waals surface area contributed by atoms with Gasteiger partial charge in [0.05, 0.1) is 0 Å². The summed E-state index contributed by atoms with van der Waals surface area (Å²) in [6.07, 6.45) is 1.24. The molecule has 0 unspecified atom stereocenters. The Labute approximate surface area is 195 Å². The number of anilines is 1. The summed E-state index contributed by atoms with van der Waals surface area (Å²) in [5, 5.41) is 9.22. The maximum Gasteiger partial charge on any atom is 0.227 e. The van der Waals surface area contributed by atoms with Crippen LogP contribution in [0.3, 0.4) is 0 Å². The fraction of sp³-hybridized carbons (Fsp3) is 0.292. The third-order valence-electron chi connectivity index (χ3n) is 5.81. The van der Waals surface area contributed by atoms with E-state index in [1.54, 1.807) is 16.8 Å². The van der Waals surface area contributed by atoms with Crippen molar-refractivity contribution < 1.29 is 9.18 Å². The zero-order valence-electron chi connectivity index (χ0n) is 17.7. The normalized spacial score (nSPS) is 19.4. The highest BCUT2D eigenvalue weighted by molar-refractivity contribution is 7.98. The SMILES string of the molecule is CC1(C)CC(=O)C2=C(C1)Nc1nc(SCc3ccccc3F)nn1[C@H]2c1ccc(Cl)cc1. The molecule has 1 N–H and O–H groups in total. The van der Waals surface area contributed by atoms with Crippen molar-refractivity contribution in [2.75, 3.05) is 5.32 Å². The highest BCUT2D eigenvalue weighted by atomic mass is 35.5. The van der Waals surface area contributed by atoms with Crippen molar-refractivity contribution in [3.8, 4) is 0 Å². The molecular formula is C24H22ClFN4OS. The number of nitrogens with zero attached hydrogens (tertiary/aromatic N) is 3. The van der Waals surface area contributed by atoms with Crippen molar-refractivity contribution in [3.05, 3.63) is 81.8 Å². The standard InChI is InChI=1S/C24H22ClFN4OS/c1-24(2)11-18-20(19(31)12-24)21(14-7-9-16(25)10-8-14)30-22(27-18)28-23(29-30)32-13-15-5-3-4-6-17(15)26/h3-10,21H,11-13H2,1-2H3,(H,27,28,29)/t21-/m0/s1. The molecule has 1 aromatic heterocycles. The van der Waals surface area contributed by atoms with E-state index in [2.05, 4.69) is 24.1 Å². The predicted molar refractivity (Wildman–Crippen MR) is 124 cm³/mol. The van der Waals surface area contributed by atoms with Gasteiger partial charge in [-0.1, -0.05) is 67.5 Å². The molecule has 32 heavy (non-hydrogen) atoms. The molecule has 0 saturated heterocycles. The van der Waals surface area contributed by atoms with Crippen LogP contribution in [0.2, 0.25) is 5.02 Å². The fourth-order valence-corrected chi connectivity index (χ4v) is 5.30. The van der Waals surface area contributed by atoms with E-state index in [9.17, 15) is 9.18 Å². The number of hydrogen-bond donors (Lipinski definition) is 1. The van der Waals surface area contributed by atoms with Crippen LogP contribution in [0, 0.1) is 11.2 Å². The average Bonchev–Trinajstić information content (AvgIpc) is 3.14. The number of thioether (sulfide) groups is 1. The van der Waals surface area contributed by atoms with E-state index in [4.69, 9.17) is 16.7 Å². The molecule has 1 atom stereocenters. The molecule has 0 saturated carbocycles. The Kier molecular flexibility index (Phi) is 5.34. The summed E-state index contributed by atoms with van der Waals surface area (Å²) in [5.74, 6) is 0.877. The van der Waals surface area contributed by atoms with E-state index in [1.807, 2.05) is 30.3 Å². The lowest BCUT2D eigenvalue weighted by molar-refractivity contribution is -0.118. The zero-order valence-corrected chi connectivity index (χ0v) is 19.3.